The molecular weight excluding hydrogens is 322 g/mol. The first-order valence-electron chi connectivity index (χ1n) is 7.19. The van der Waals surface area contributed by atoms with Gasteiger partial charge in [-0.2, -0.15) is 5.10 Å². The summed E-state index contributed by atoms with van der Waals surface area (Å²) in [5, 5.41) is 6.68. The van der Waals surface area contributed by atoms with Gasteiger partial charge in [0.25, 0.3) is 0 Å². The summed E-state index contributed by atoms with van der Waals surface area (Å²) in [4.78, 5) is 23.0. The van der Waals surface area contributed by atoms with Crippen molar-refractivity contribution in [3.63, 3.8) is 0 Å². The van der Waals surface area contributed by atoms with Gasteiger partial charge in [-0.05, 0) is 37.5 Å². The van der Waals surface area contributed by atoms with Gasteiger partial charge in [0.05, 0.1) is 25.0 Å². The maximum Gasteiger partial charge on any atom is 0.329 e. The van der Waals surface area contributed by atoms with Crippen LogP contribution in [0.5, 0.6) is 11.5 Å². The summed E-state index contributed by atoms with van der Waals surface area (Å²) < 4.78 is 10.6. The van der Waals surface area contributed by atoms with Crippen LogP contribution in [0, 0.1) is 0 Å². The Balaban J connectivity index is 2.00. The number of carbonyl (C=O) groups excluding carboxylic acids is 2. The molecule has 8 heteroatoms. The molecule has 23 heavy (non-hydrogen) atoms. The molecule has 0 aliphatic heterocycles. The summed E-state index contributed by atoms with van der Waals surface area (Å²) in [5.41, 5.74) is 2.77. The van der Waals surface area contributed by atoms with Crippen LogP contribution < -0.4 is 20.2 Å². The van der Waals surface area contributed by atoms with Crippen molar-refractivity contribution in [2.75, 3.05) is 13.7 Å². The van der Waals surface area contributed by atoms with Crippen LogP contribution in [-0.4, -0.2) is 37.8 Å². The lowest BCUT2D eigenvalue weighted by atomic mass is 10.2. The summed E-state index contributed by atoms with van der Waals surface area (Å²) in [6.07, 6.45) is 3.19. The molecule has 1 saturated carbocycles. The summed E-state index contributed by atoms with van der Waals surface area (Å²) >= 11 is 6.11. The maximum atomic E-state index is 11.5. The van der Waals surface area contributed by atoms with Gasteiger partial charge in [-0.15, -0.1) is 0 Å². The Morgan fingerprint density at radius 3 is 2.74 bits per heavy atom. The zero-order valence-electron chi connectivity index (χ0n) is 12.9. The van der Waals surface area contributed by atoms with Crippen molar-refractivity contribution in [3.8, 4) is 11.5 Å². The molecule has 1 aliphatic carbocycles. The second-order valence-corrected chi connectivity index (χ2v) is 5.32. The lowest BCUT2D eigenvalue weighted by Crippen LogP contribution is -2.38. The van der Waals surface area contributed by atoms with Crippen LogP contribution in [0.2, 0.25) is 5.02 Å². The standard InChI is InChI=1S/C15H18ClN3O4/c1-3-23-12-7-9(6-11(16)13(12)22-2)8-17-19-15(21)14(20)18-10-4-5-10/h6-8,10H,3-5H2,1-2H3,(H,18,20)(H,19,21)/b17-8-. The van der Waals surface area contributed by atoms with Gasteiger partial charge in [-0.1, -0.05) is 11.6 Å². The van der Waals surface area contributed by atoms with Crippen molar-refractivity contribution in [2.24, 2.45) is 5.10 Å². The quantitative estimate of drug-likeness (QED) is 0.466. The van der Waals surface area contributed by atoms with Crippen LogP contribution in [0.15, 0.2) is 17.2 Å². The van der Waals surface area contributed by atoms with E-state index in [1.807, 2.05) is 6.92 Å². The maximum absolute atomic E-state index is 11.5. The SMILES string of the molecule is CCOc1cc(/C=N\NC(=O)C(=O)NC2CC2)cc(Cl)c1OC. The third-order valence-corrected chi connectivity index (χ3v) is 3.32. The fourth-order valence-corrected chi connectivity index (χ4v) is 2.11. The molecule has 0 aromatic heterocycles. The number of nitrogens with one attached hydrogen (secondary N) is 2. The molecule has 0 spiro atoms. The Bertz CT molecular complexity index is 629. The highest BCUT2D eigenvalue weighted by atomic mass is 35.5. The molecule has 2 N–H and O–H groups in total. The van der Waals surface area contributed by atoms with Crippen LogP contribution in [0.1, 0.15) is 25.3 Å². The summed E-state index contributed by atoms with van der Waals surface area (Å²) in [6.45, 7) is 2.29. The predicted molar refractivity (Wildman–Crippen MR) is 86.1 cm³/mol. The molecule has 1 aromatic carbocycles. The van der Waals surface area contributed by atoms with E-state index >= 15 is 0 Å². The fraction of sp³-hybridized carbons (Fsp3) is 0.400. The lowest BCUT2D eigenvalue weighted by molar-refractivity contribution is -0.139. The second kappa shape index (κ2) is 7.82. The monoisotopic (exact) mass is 339 g/mol. The van der Waals surface area contributed by atoms with Crippen molar-refractivity contribution in [2.45, 2.75) is 25.8 Å². The Labute approximate surface area is 139 Å². The molecule has 0 atom stereocenters. The molecule has 2 amide bonds. The van der Waals surface area contributed by atoms with Gasteiger partial charge in [0.1, 0.15) is 0 Å². The third kappa shape index (κ3) is 4.85. The van der Waals surface area contributed by atoms with E-state index in [9.17, 15) is 9.59 Å². The largest absolute Gasteiger partial charge is 0.491 e. The van der Waals surface area contributed by atoms with E-state index in [0.717, 1.165) is 12.8 Å². The fourth-order valence-electron chi connectivity index (χ4n) is 1.82. The van der Waals surface area contributed by atoms with Crippen molar-refractivity contribution in [3.05, 3.63) is 22.7 Å². The number of hydrogen-bond donors (Lipinski definition) is 2. The zero-order chi connectivity index (χ0) is 16.8. The average molecular weight is 340 g/mol. The number of benzene rings is 1. The molecule has 7 nitrogen and oxygen atoms in total. The van der Waals surface area contributed by atoms with Gasteiger partial charge in [0.15, 0.2) is 11.5 Å². The molecule has 0 heterocycles. The van der Waals surface area contributed by atoms with Crippen molar-refractivity contribution in [1.82, 2.24) is 10.7 Å². The third-order valence-electron chi connectivity index (χ3n) is 3.03. The van der Waals surface area contributed by atoms with Crippen molar-refractivity contribution < 1.29 is 19.1 Å². The number of nitrogens with zero attached hydrogens (tertiary/aromatic N) is 1. The Morgan fingerprint density at radius 2 is 2.13 bits per heavy atom. The number of hydrogen-bond acceptors (Lipinski definition) is 5. The van der Waals surface area contributed by atoms with E-state index in [1.165, 1.54) is 13.3 Å². The number of hydrazone groups is 1. The van der Waals surface area contributed by atoms with Crippen molar-refractivity contribution >= 4 is 29.6 Å². The van der Waals surface area contributed by atoms with Crippen LogP contribution in [0.25, 0.3) is 0 Å². The predicted octanol–water partition coefficient (Wildman–Crippen LogP) is 1.48. The first kappa shape index (κ1) is 17.1. The summed E-state index contributed by atoms with van der Waals surface area (Å²) in [6, 6.07) is 3.41. The van der Waals surface area contributed by atoms with Crippen LogP contribution in [0.4, 0.5) is 0 Å². The van der Waals surface area contributed by atoms with E-state index in [4.69, 9.17) is 21.1 Å². The van der Waals surface area contributed by atoms with E-state index in [0.29, 0.717) is 28.7 Å². The number of carbonyl (C=O) groups is 2. The molecule has 124 valence electrons. The van der Waals surface area contributed by atoms with Crippen LogP contribution in [0.3, 0.4) is 0 Å². The number of amides is 2. The van der Waals surface area contributed by atoms with Gasteiger partial charge in [0.2, 0.25) is 0 Å². The molecule has 1 aromatic rings. The molecule has 1 fully saturated rings. The topological polar surface area (TPSA) is 89.0 Å². The molecule has 0 saturated heterocycles. The van der Waals surface area contributed by atoms with Crippen molar-refractivity contribution in [1.29, 1.82) is 0 Å². The van der Waals surface area contributed by atoms with Crippen LogP contribution in [-0.2, 0) is 9.59 Å². The molecular formula is C15H18ClN3O4. The number of rotatable bonds is 6. The van der Waals surface area contributed by atoms with Gasteiger partial charge >= 0.3 is 11.8 Å². The van der Waals surface area contributed by atoms with Crippen LogP contribution >= 0.6 is 11.6 Å². The normalized spacial score (nSPS) is 13.7. The Morgan fingerprint density at radius 1 is 1.39 bits per heavy atom. The minimum atomic E-state index is -0.808. The highest BCUT2D eigenvalue weighted by Gasteiger charge is 2.26. The van der Waals surface area contributed by atoms with E-state index in [2.05, 4.69) is 15.8 Å². The number of ether oxygens (including phenoxy) is 2. The smallest absolute Gasteiger partial charge is 0.329 e. The van der Waals surface area contributed by atoms with E-state index in [1.54, 1.807) is 12.1 Å². The minimum Gasteiger partial charge on any atom is -0.491 e. The Hall–Kier alpha value is -2.28. The van der Waals surface area contributed by atoms with E-state index < -0.39 is 11.8 Å². The Kier molecular flexibility index (Phi) is 5.81. The second-order valence-electron chi connectivity index (χ2n) is 4.91. The van der Waals surface area contributed by atoms with Gasteiger partial charge in [0, 0.05) is 6.04 Å². The highest BCUT2D eigenvalue weighted by molar-refractivity contribution is 6.35. The molecule has 0 bridgehead atoms. The average Bonchev–Trinajstić information content (AvgIpc) is 3.31. The first-order valence-corrected chi connectivity index (χ1v) is 7.57. The van der Waals surface area contributed by atoms with E-state index in [-0.39, 0.29) is 6.04 Å². The summed E-state index contributed by atoms with van der Waals surface area (Å²) in [5.74, 6) is -0.592. The first-order chi connectivity index (χ1) is 11.0. The van der Waals surface area contributed by atoms with Gasteiger partial charge in [-0.3, -0.25) is 9.59 Å². The zero-order valence-corrected chi connectivity index (χ0v) is 13.6. The lowest BCUT2D eigenvalue weighted by Gasteiger charge is -2.11. The molecule has 1 aliphatic rings. The molecule has 0 unspecified atom stereocenters. The molecule has 2 rings (SSSR count). The van der Waals surface area contributed by atoms with Gasteiger partial charge in [-0.25, -0.2) is 5.43 Å². The van der Waals surface area contributed by atoms with Gasteiger partial charge < -0.3 is 14.8 Å². The number of methoxy groups -OCH3 is 1. The minimum absolute atomic E-state index is 0.117. The highest BCUT2D eigenvalue weighted by Crippen LogP contribution is 2.35. The summed E-state index contributed by atoms with van der Waals surface area (Å²) in [7, 11) is 1.50. The number of halogens is 1. The molecule has 0 radical (unpaired) electrons.